The lowest BCUT2D eigenvalue weighted by molar-refractivity contribution is 0.102. The molecule has 0 radical (unpaired) electrons. The number of hydrogen-bond acceptors (Lipinski definition) is 2. The number of likely N-dealkylation sites (N-methyl/N-ethyl adjacent to an activating group) is 1. The van der Waals surface area contributed by atoms with Crippen LogP contribution in [-0.4, -0.2) is 36.0 Å². The molecule has 0 saturated heterocycles. The second-order valence-corrected chi connectivity index (χ2v) is 7.88. The SMILES string of the molecule is CN(C)CCc1ccc(NC(=O)c2cn(Cc3ccccc3)c3ccccc23)cc1. The van der Waals surface area contributed by atoms with E-state index in [0.29, 0.717) is 5.56 Å². The third-order valence-corrected chi connectivity index (χ3v) is 5.29. The van der Waals surface area contributed by atoms with Gasteiger partial charge >= 0.3 is 0 Å². The number of aromatic nitrogens is 1. The molecule has 0 aliphatic heterocycles. The molecular formula is C26H27N3O. The van der Waals surface area contributed by atoms with Crippen molar-refractivity contribution in [2.24, 2.45) is 0 Å². The van der Waals surface area contributed by atoms with Gasteiger partial charge in [-0.05, 0) is 49.8 Å². The van der Waals surface area contributed by atoms with Crippen LogP contribution in [0.25, 0.3) is 10.9 Å². The summed E-state index contributed by atoms with van der Waals surface area (Å²) >= 11 is 0. The normalized spacial score (nSPS) is 11.2. The molecule has 0 bridgehead atoms. The number of anilines is 1. The minimum absolute atomic E-state index is 0.0842. The van der Waals surface area contributed by atoms with Gasteiger partial charge in [-0.2, -0.15) is 0 Å². The summed E-state index contributed by atoms with van der Waals surface area (Å²) in [5.41, 5.74) is 5.04. The molecule has 1 aromatic heterocycles. The van der Waals surface area contributed by atoms with Crippen molar-refractivity contribution in [1.29, 1.82) is 0 Å². The van der Waals surface area contributed by atoms with Crippen molar-refractivity contribution in [3.63, 3.8) is 0 Å². The molecule has 0 fully saturated rings. The summed E-state index contributed by atoms with van der Waals surface area (Å²) in [6, 6.07) is 26.5. The van der Waals surface area contributed by atoms with E-state index in [-0.39, 0.29) is 5.91 Å². The van der Waals surface area contributed by atoms with Gasteiger partial charge in [-0.3, -0.25) is 4.79 Å². The molecule has 3 aromatic carbocycles. The van der Waals surface area contributed by atoms with Gasteiger partial charge in [0, 0.05) is 35.9 Å². The summed E-state index contributed by atoms with van der Waals surface area (Å²) in [6.45, 7) is 1.74. The highest BCUT2D eigenvalue weighted by atomic mass is 16.1. The fourth-order valence-electron chi connectivity index (χ4n) is 3.64. The van der Waals surface area contributed by atoms with E-state index in [1.165, 1.54) is 11.1 Å². The lowest BCUT2D eigenvalue weighted by atomic mass is 10.1. The first kappa shape index (κ1) is 19.9. The molecule has 1 heterocycles. The quantitative estimate of drug-likeness (QED) is 0.474. The third-order valence-electron chi connectivity index (χ3n) is 5.29. The Balaban J connectivity index is 1.55. The minimum atomic E-state index is -0.0842. The summed E-state index contributed by atoms with van der Waals surface area (Å²) in [7, 11) is 4.14. The van der Waals surface area contributed by atoms with E-state index in [0.717, 1.165) is 36.1 Å². The summed E-state index contributed by atoms with van der Waals surface area (Å²) in [6.07, 6.45) is 2.95. The Morgan fingerprint density at radius 2 is 1.57 bits per heavy atom. The Bertz CT molecular complexity index is 1130. The van der Waals surface area contributed by atoms with E-state index in [4.69, 9.17) is 0 Å². The van der Waals surface area contributed by atoms with Gasteiger partial charge in [0.25, 0.3) is 5.91 Å². The van der Waals surface area contributed by atoms with Crippen LogP contribution < -0.4 is 5.32 Å². The Labute approximate surface area is 177 Å². The van der Waals surface area contributed by atoms with Crippen LogP contribution >= 0.6 is 0 Å². The second-order valence-electron chi connectivity index (χ2n) is 7.88. The molecule has 1 N–H and O–H groups in total. The van der Waals surface area contributed by atoms with Gasteiger partial charge < -0.3 is 14.8 Å². The maximum Gasteiger partial charge on any atom is 0.257 e. The fourth-order valence-corrected chi connectivity index (χ4v) is 3.64. The van der Waals surface area contributed by atoms with Crippen molar-refractivity contribution in [2.45, 2.75) is 13.0 Å². The van der Waals surface area contributed by atoms with Crippen molar-refractivity contribution >= 4 is 22.5 Å². The monoisotopic (exact) mass is 397 g/mol. The second kappa shape index (κ2) is 8.97. The van der Waals surface area contributed by atoms with Crippen molar-refractivity contribution in [2.75, 3.05) is 26.0 Å². The van der Waals surface area contributed by atoms with Gasteiger partial charge in [-0.25, -0.2) is 0 Å². The van der Waals surface area contributed by atoms with Crippen LogP contribution in [0.1, 0.15) is 21.5 Å². The molecule has 1 amide bonds. The fraction of sp³-hybridized carbons (Fsp3) is 0.192. The van der Waals surface area contributed by atoms with Gasteiger partial charge in [0.05, 0.1) is 5.56 Å². The topological polar surface area (TPSA) is 37.3 Å². The average Bonchev–Trinajstić information content (AvgIpc) is 3.13. The van der Waals surface area contributed by atoms with E-state index in [1.54, 1.807) is 0 Å². The van der Waals surface area contributed by atoms with Gasteiger partial charge in [0.1, 0.15) is 0 Å². The maximum absolute atomic E-state index is 13.1. The number of nitrogens with one attached hydrogen (secondary N) is 1. The molecule has 0 atom stereocenters. The molecular weight excluding hydrogens is 370 g/mol. The standard InChI is InChI=1S/C26H27N3O/c1-28(2)17-16-20-12-14-22(15-13-20)27-26(30)24-19-29(18-21-8-4-3-5-9-21)25-11-7-6-10-23(24)25/h3-15,19H,16-18H2,1-2H3,(H,27,30). The minimum Gasteiger partial charge on any atom is -0.342 e. The Hall–Kier alpha value is -3.37. The highest BCUT2D eigenvalue weighted by molar-refractivity contribution is 6.13. The zero-order valence-corrected chi connectivity index (χ0v) is 17.5. The molecule has 152 valence electrons. The maximum atomic E-state index is 13.1. The van der Waals surface area contributed by atoms with Crippen LogP contribution in [0.4, 0.5) is 5.69 Å². The van der Waals surface area contributed by atoms with Crippen LogP contribution in [-0.2, 0) is 13.0 Å². The van der Waals surface area contributed by atoms with Gasteiger partial charge in [0.2, 0.25) is 0 Å². The molecule has 4 aromatic rings. The first-order chi connectivity index (χ1) is 14.6. The highest BCUT2D eigenvalue weighted by Crippen LogP contribution is 2.24. The molecule has 0 spiro atoms. The summed E-state index contributed by atoms with van der Waals surface area (Å²) in [5.74, 6) is -0.0842. The number of rotatable bonds is 7. The van der Waals surface area contributed by atoms with Crippen molar-refractivity contribution in [3.05, 3.63) is 102 Å². The highest BCUT2D eigenvalue weighted by Gasteiger charge is 2.15. The van der Waals surface area contributed by atoms with E-state index < -0.39 is 0 Å². The molecule has 0 saturated carbocycles. The number of nitrogens with zero attached hydrogens (tertiary/aromatic N) is 2. The zero-order chi connectivity index (χ0) is 20.9. The number of para-hydroxylation sites is 1. The Kier molecular flexibility index (Phi) is 5.96. The number of carbonyl (C=O) groups is 1. The van der Waals surface area contributed by atoms with Crippen molar-refractivity contribution in [1.82, 2.24) is 9.47 Å². The summed E-state index contributed by atoms with van der Waals surface area (Å²) < 4.78 is 2.14. The average molecular weight is 398 g/mol. The van der Waals surface area contributed by atoms with Gasteiger partial charge in [-0.15, -0.1) is 0 Å². The number of amides is 1. The molecule has 0 unspecified atom stereocenters. The van der Waals surface area contributed by atoms with E-state index >= 15 is 0 Å². The third kappa shape index (κ3) is 4.61. The van der Waals surface area contributed by atoms with Crippen LogP contribution in [0, 0.1) is 0 Å². The number of carbonyl (C=O) groups excluding carboxylic acids is 1. The van der Waals surface area contributed by atoms with E-state index in [1.807, 2.05) is 54.7 Å². The van der Waals surface area contributed by atoms with Crippen LogP contribution in [0.3, 0.4) is 0 Å². The van der Waals surface area contributed by atoms with E-state index in [2.05, 4.69) is 59.2 Å². The predicted molar refractivity (Wildman–Crippen MR) is 124 cm³/mol. The molecule has 30 heavy (non-hydrogen) atoms. The summed E-state index contributed by atoms with van der Waals surface area (Å²) in [4.78, 5) is 15.2. The summed E-state index contributed by atoms with van der Waals surface area (Å²) in [5, 5.41) is 4.02. The number of fused-ring (bicyclic) bond motifs is 1. The smallest absolute Gasteiger partial charge is 0.257 e. The molecule has 0 aliphatic carbocycles. The number of hydrogen-bond donors (Lipinski definition) is 1. The van der Waals surface area contributed by atoms with Crippen molar-refractivity contribution < 1.29 is 4.79 Å². The first-order valence-electron chi connectivity index (χ1n) is 10.3. The first-order valence-corrected chi connectivity index (χ1v) is 10.3. The van der Waals surface area contributed by atoms with Gasteiger partial charge in [0.15, 0.2) is 0 Å². The largest absolute Gasteiger partial charge is 0.342 e. The van der Waals surface area contributed by atoms with Crippen LogP contribution in [0.15, 0.2) is 85.1 Å². The van der Waals surface area contributed by atoms with Crippen LogP contribution in [0.2, 0.25) is 0 Å². The van der Waals surface area contributed by atoms with Crippen molar-refractivity contribution in [3.8, 4) is 0 Å². The lowest BCUT2D eigenvalue weighted by Gasteiger charge is -2.10. The Morgan fingerprint density at radius 3 is 2.30 bits per heavy atom. The lowest BCUT2D eigenvalue weighted by Crippen LogP contribution is -2.15. The molecule has 4 nitrogen and oxygen atoms in total. The molecule has 4 heteroatoms. The zero-order valence-electron chi connectivity index (χ0n) is 17.5. The van der Waals surface area contributed by atoms with Crippen LogP contribution in [0.5, 0.6) is 0 Å². The predicted octanol–water partition coefficient (Wildman–Crippen LogP) is 5.05. The number of benzene rings is 3. The van der Waals surface area contributed by atoms with Gasteiger partial charge in [-0.1, -0.05) is 60.7 Å². The molecule has 4 rings (SSSR count). The Morgan fingerprint density at radius 1 is 0.867 bits per heavy atom. The molecule has 0 aliphatic rings. The van der Waals surface area contributed by atoms with E-state index in [9.17, 15) is 4.79 Å².